The molecule has 0 unspecified atom stereocenters. The van der Waals surface area contributed by atoms with Gasteiger partial charge in [0.05, 0.1) is 0 Å². The summed E-state index contributed by atoms with van der Waals surface area (Å²) in [4.78, 5) is 11.4. The van der Waals surface area contributed by atoms with Crippen molar-refractivity contribution in [1.82, 2.24) is 15.3 Å². The zero-order chi connectivity index (χ0) is 15.0. The number of rotatable bonds is 9. The van der Waals surface area contributed by atoms with Crippen molar-refractivity contribution in [3.63, 3.8) is 0 Å². The molecule has 0 saturated carbocycles. The average Bonchev–Trinajstić information content (AvgIpc) is 2.38. The summed E-state index contributed by atoms with van der Waals surface area (Å²) < 4.78 is 0. The van der Waals surface area contributed by atoms with Crippen molar-refractivity contribution in [2.24, 2.45) is 11.8 Å². The van der Waals surface area contributed by atoms with E-state index in [0.717, 1.165) is 44.1 Å². The molecule has 0 radical (unpaired) electrons. The normalized spacial score (nSPS) is 11.3. The maximum atomic E-state index is 4.54. The average molecular weight is 278 g/mol. The summed E-state index contributed by atoms with van der Waals surface area (Å²) in [6.45, 7) is 15.0. The predicted octanol–water partition coefficient (Wildman–Crippen LogP) is 3.09. The maximum absolute atomic E-state index is 4.54. The van der Waals surface area contributed by atoms with Crippen molar-refractivity contribution in [1.29, 1.82) is 0 Å². The SMILES string of the molecule is CCCNCc1cnc(N(CC(C)C)CC(C)C)nc1. The van der Waals surface area contributed by atoms with Crippen LogP contribution in [0.2, 0.25) is 0 Å². The molecule has 1 rings (SSSR count). The Labute approximate surface area is 124 Å². The van der Waals surface area contributed by atoms with E-state index in [1.165, 1.54) is 0 Å². The van der Waals surface area contributed by atoms with Gasteiger partial charge in [0.15, 0.2) is 0 Å². The molecule has 0 aliphatic heterocycles. The number of hydrogen-bond acceptors (Lipinski definition) is 4. The molecule has 0 fully saturated rings. The van der Waals surface area contributed by atoms with E-state index < -0.39 is 0 Å². The van der Waals surface area contributed by atoms with Crippen LogP contribution in [-0.2, 0) is 6.54 Å². The first kappa shape index (κ1) is 16.9. The van der Waals surface area contributed by atoms with Gasteiger partial charge in [-0.3, -0.25) is 0 Å². The van der Waals surface area contributed by atoms with Crippen molar-refractivity contribution in [3.8, 4) is 0 Å². The van der Waals surface area contributed by atoms with Gasteiger partial charge in [-0.2, -0.15) is 0 Å². The van der Waals surface area contributed by atoms with Gasteiger partial charge in [-0.1, -0.05) is 34.6 Å². The Morgan fingerprint density at radius 1 is 1.05 bits per heavy atom. The van der Waals surface area contributed by atoms with Gasteiger partial charge in [0.2, 0.25) is 5.95 Å². The first-order valence-corrected chi connectivity index (χ1v) is 7.79. The van der Waals surface area contributed by atoms with Gasteiger partial charge in [0.25, 0.3) is 0 Å². The molecule has 1 aromatic heterocycles. The van der Waals surface area contributed by atoms with Gasteiger partial charge in [-0.25, -0.2) is 9.97 Å². The van der Waals surface area contributed by atoms with Gasteiger partial charge in [0, 0.05) is 37.6 Å². The largest absolute Gasteiger partial charge is 0.340 e. The number of hydrogen-bond donors (Lipinski definition) is 1. The molecule has 0 aliphatic rings. The van der Waals surface area contributed by atoms with Gasteiger partial charge < -0.3 is 10.2 Å². The minimum absolute atomic E-state index is 0.614. The molecule has 0 bridgehead atoms. The molecule has 4 heteroatoms. The van der Waals surface area contributed by atoms with Gasteiger partial charge >= 0.3 is 0 Å². The van der Waals surface area contributed by atoms with Crippen LogP contribution in [-0.4, -0.2) is 29.6 Å². The standard InChI is InChI=1S/C16H30N4/c1-6-7-17-8-15-9-18-16(19-10-15)20(11-13(2)3)12-14(4)5/h9-10,13-14,17H,6-8,11-12H2,1-5H3. The number of anilines is 1. The second kappa shape index (κ2) is 8.90. The van der Waals surface area contributed by atoms with Gasteiger partial charge in [0.1, 0.15) is 0 Å². The molecule has 4 nitrogen and oxygen atoms in total. The lowest BCUT2D eigenvalue weighted by molar-refractivity contribution is 0.543. The Morgan fingerprint density at radius 2 is 1.60 bits per heavy atom. The lowest BCUT2D eigenvalue weighted by Crippen LogP contribution is -2.32. The molecule has 0 saturated heterocycles. The molecule has 0 amide bonds. The van der Waals surface area contributed by atoms with E-state index in [0.29, 0.717) is 11.8 Å². The highest BCUT2D eigenvalue weighted by Gasteiger charge is 2.12. The Kier molecular flexibility index (Phi) is 7.52. The molecule has 20 heavy (non-hydrogen) atoms. The van der Waals surface area contributed by atoms with Crippen LogP contribution in [0.1, 0.15) is 46.6 Å². The molecule has 1 aromatic rings. The quantitative estimate of drug-likeness (QED) is 0.705. The highest BCUT2D eigenvalue weighted by Crippen LogP contribution is 2.12. The molecule has 1 heterocycles. The third-order valence-electron chi connectivity index (χ3n) is 2.90. The van der Waals surface area contributed by atoms with E-state index in [4.69, 9.17) is 0 Å². The van der Waals surface area contributed by atoms with Crippen molar-refractivity contribution in [2.45, 2.75) is 47.6 Å². The monoisotopic (exact) mass is 278 g/mol. The first-order valence-electron chi connectivity index (χ1n) is 7.79. The summed E-state index contributed by atoms with van der Waals surface area (Å²) in [5.74, 6) is 2.08. The van der Waals surface area contributed by atoms with Gasteiger partial charge in [-0.05, 0) is 24.8 Å². The van der Waals surface area contributed by atoms with E-state index >= 15 is 0 Å². The zero-order valence-electron chi connectivity index (χ0n) is 13.7. The summed E-state index contributed by atoms with van der Waals surface area (Å²) >= 11 is 0. The molecule has 0 aromatic carbocycles. The summed E-state index contributed by atoms with van der Waals surface area (Å²) in [5.41, 5.74) is 1.15. The van der Waals surface area contributed by atoms with Gasteiger partial charge in [-0.15, -0.1) is 0 Å². The van der Waals surface area contributed by atoms with Crippen LogP contribution in [0.25, 0.3) is 0 Å². The van der Waals surface area contributed by atoms with Crippen molar-refractivity contribution in [2.75, 3.05) is 24.5 Å². The summed E-state index contributed by atoms with van der Waals surface area (Å²) in [5, 5.41) is 3.37. The third-order valence-corrected chi connectivity index (χ3v) is 2.90. The minimum atomic E-state index is 0.614. The number of aromatic nitrogens is 2. The van der Waals surface area contributed by atoms with E-state index in [1.807, 2.05) is 12.4 Å². The summed E-state index contributed by atoms with van der Waals surface area (Å²) in [7, 11) is 0. The lowest BCUT2D eigenvalue weighted by Gasteiger charge is -2.26. The fourth-order valence-corrected chi connectivity index (χ4v) is 2.13. The number of nitrogens with zero attached hydrogens (tertiary/aromatic N) is 3. The van der Waals surface area contributed by atoms with E-state index in [-0.39, 0.29) is 0 Å². The molecular weight excluding hydrogens is 248 g/mol. The molecule has 1 N–H and O–H groups in total. The second-order valence-corrected chi connectivity index (χ2v) is 6.26. The first-order chi connectivity index (χ1) is 9.52. The summed E-state index contributed by atoms with van der Waals surface area (Å²) in [6, 6.07) is 0. The zero-order valence-corrected chi connectivity index (χ0v) is 13.7. The van der Waals surface area contributed by atoms with Crippen molar-refractivity contribution in [3.05, 3.63) is 18.0 Å². The summed E-state index contributed by atoms with van der Waals surface area (Å²) in [6.07, 6.45) is 5.03. The van der Waals surface area contributed by atoms with Crippen LogP contribution >= 0.6 is 0 Å². The third kappa shape index (κ3) is 6.33. The van der Waals surface area contributed by atoms with Crippen LogP contribution < -0.4 is 10.2 Å². The van der Waals surface area contributed by atoms with E-state index in [2.05, 4.69) is 54.8 Å². The molecule has 0 spiro atoms. The fraction of sp³-hybridized carbons (Fsp3) is 0.750. The second-order valence-electron chi connectivity index (χ2n) is 6.26. The topological polar surface area (TPSA) is 41.1 Å². The van der Waals surface area contributed by atoms with E-state index in [9.17, 15) is 0 Å². The Morgan fingerprint density at radius 3 is 2.05 bits per heavy atom. The van der Waals surface area contributed by atoms with Crippen LogP contribution in [0, 0.1) is 11.8 Å². The molecule has 0 aliphatic carbocycles. The van der Waals surface area contributed by atoms with E-state index in [1.54, 1.807) is 0 Å². The Balaban J connectivity index is 2.66. The van der Waals surface area contributed by atoms with Crippen LogP contribution in [0.15, 0.2) is 12.4 Å². The fourth-order valence-electron chi connectivity index (χ4n) is 2.13. The number of nitrogens with one attached hydrogen (secondary N) is 1. The smallest absolute Gasteiger partial charge is 0.225 e. The predicted molar refractivity (Wildman–Crippen MR) is 85.9 cm³/mol. The lowest BCUT2D eigenvalue weighted by atomic mass is 10.1. The highest BCUT2D eigenvalue weighted by molar-refractivity contribution is 5.30. The minimum Gasteiger partial charge on any atom is -0.340 e. The van der Waals surface area contributed by atoms with Crippen LogP contribution in [0.5, 0.6) is 0 Å². The molecule has 0 atom stereocenters. The highest BCUT2D eigenvalue weighted by atomic mass is 15.2. The molecule has 114 valence electrons. The van der Waals surface area contributed by atoms with Crippen molar-refractivity contribution < 1.29 is 0 Å². The molecular formula is C16H30N4. The van der Waals surface area contributed by atoms with Crippen LogP contribution in [0.3, 0.4) is 0 Å². The van der Waals surface area contributed by atoms with Crippen molar-refractivity contribution >= 4 is 5.95 Å². The maximum Gasteiger partial charge on any atom is 0.225 e. The Hall–Kier alpha value is -1.16. The Bertz CT molecular complexity index is 349. The van der Waals surface area contributed by atoms with Crippen LogP contribution in [0.4, 0.5) is 5.95 Å².